The van der Waals surface area contributed by atoms with Gasteiger partial charge in [-0.05, 0) is 79.2 Å². The van der Waals surface area contributed by atoms with E-state index in [4.69, 9.17) is 42.6 Å². The molecule has 5 aromatic rings. The fourth-order valence-corrected chi connectivity index (χ4v) is 15.0. The SMILES string of the molecule is CC(=O)NC1C(O)CC(OC2C(O)C(CO)OC(OC3CC(C(=O)NCCNC(=O)COCCOCC(=O)Nc4cccc(CNc5cc(S(=O)(=O)O)cc6cc(S(=O)(=O)O)cc(S(=O)(=O)O)c56)c4)CC(NC(=O)c4cc(=O)[nH]c(=O)[nH]4)C3OC3OC(C)C(O)C(O)C3O)C2OC(=O)c2ccccc2)(C(=O)O)OC1[C@H](O)[C@H](O)CO. The zero-order chi connectivity index (χ0) is 84.3. The summed E-state index contributed by atoms with van der Waals surface area (Å²) in [5, 5.41) is 125. The van der Waals surface area contributed by atoms with Crippen molar-refractivity contribution >= 4 is 94.0 Å². The van der Waals surface area contributed by atoms with Gasteiger partial charge < -0.3 is 131 Å². The van der Waals surface area contributed by atoms with E-state index in [1.165, 1.54) is 61.5 Å². The molecule has 632 valence electrons. The Morgan fingerprint density at radius 3 is 1.98 bits per heavy atom. The van der Waals surface area contributed by atoms with Gasteiger partial charge in [-0.3, -0.25) is 47.4 Å². The number of carbonyl (C=O) groups is 7. The van der Waals surface area contributed by atoms with E-state index in [0.29, 0.717) is 29.8 Å². The number of carbonyl (C=O) groups excluding carboxylic acids is 6. The lowest BCUT2D eigenvalue weighted by Gasteiger charge is -2.51. The molecular weight excluding hydrogens is 1600 g/mol. The maximum atomic E-state index is 14.6. The van der Waals surface area contributed by atoms with Crippen molar-refractivity contribution in [3.05, 3.63) is 123 Å². The third kappa shape index (κ3) is 22.8. The number of H-pyrrole nitrogens is 2. The number of carboxylic acid groups (broad SMARTS) is 1. The van der Waals surface area contributed by atoms with Gasteiger partial charge in [0.05, 0.1) is 72.2 Å². The summed E-state index contributed by atoms with van der Waals surface area (Å²) in [4.78, 5) is 121. The smallest absolute Gasteiger partial charge is 0.364 e. The van der Waals surface area contributed by atoms with Crippen molar-refractivity contribution in [2.45, 2.75) is 170 Å². The number of aliphatic carboxylic acids is 1. The lowest BCUT2D eigenvalue weighted by Crippen LogP contribution is -2.71. The number of nitrogens with one attached hydrogen (secondary N) is 8. The van der Waals surface area contributed by atoms with E-state index in [-0.39, 0.29) is 49.8 Å². The van der Waals surface area contributed by atoms with Gasteiger partial charge in [-0.15, -0.1) is 0 Å². The summed E-state index contributed by atoms with van der Waals surface area (Å²) >= 11 is 0. The first kappa shape index (κ1) is 89.9. The number of hydrogen-bond donors (Lipinski definition) is 21. The van der Waals surface area contributed by atoms with Crippen LogP contribution in [0.25, 0.3) is 10.8 Å². The monoisotopic (exact) mass is 1690 g/mol. The lowest BCUT2D eigenvalue weighted by atomic mass is 9.80. The number of carboxylic acids is 1. The number of hydrogen-bond acceptors (Lipinski definition) is 34. The van der Waals surface area contributed by atoms with Crippen LogP contribution >= 0.6 is 0 Å². The number of amides is 5. The predicted molar refractivity (Wildman–Crippen MR) is 382 cm³/mol. The maximum absolute atomic E-state index is 14.6. The summed E-state index contributed by atoms with van der Waals surface area (Å²) in [6.45, 7) is -2.78. The quantitative estimate of drug-likeness (QED) is 0.0103. The molecule has 3 aliphatic heterocycles. The Bertz CT molecular complexity index is 4800. The van der Waals surface area contributed by atoms with Crippen LogP contribution in [0.15, 0.2) is 109 Å². The van der Waals surface area contributed by atoms with E-state index in [1.54, 1.807) is 0 Å². The van der Waals surface area contributed by atoms with Crippen LogP contribution in [0.5, 0.6) is 0 Å². The highest BCUT2D eigenvalue weighted by molar-refractivity contribution is 7.87. The topological polar surface area (TPSA) is 706 Å². The number of aliphatic hydroxyl groups is 9. The van der Waals surface area contributed by atoms with Crippen molar-refractivity contribution in [3.63, 3.8) is 0 Å². The number of aromatic amines is 2. The second-order valence-electron chi connectivity index (χ2n) is 26.9. The molecule has 9 rings (SSSR count). The van der Waals surface area contributed by atoms with Gasteiger partial charge >= 0.3 is 17.6 Å². The van der Waals surface area contributed by atoms with Gasteiger partial charge in [0.15, 0.2) is 18.7 Å². The van der Waals surface area contributed by atoms with E-state index >= 15 is 0 Å². The van der Waals surface area contributed by atoms with Crippen LogP contribution in [-0.2, 0) is 104 Å². The minimum atomic E-state index is -5.27. The molecule has 1 saturated carbocycles. The van der Waals surface area contributed by atoms with Crippen molar-refractivity contribution in [1.29, 1.82) is 0 Å². The first-order valence-corrected chi connectivity index (χ1v) is 39.2. The molecule has 0 bridgehead atoms. The van der Waals surface area contributed by atoms with Gasteiger partial charge in [0, 0.05) is 61.7 Å². The van der Waals surface area contributed by atoms with Crippen molar-refractivity contribution in [2.75, 3.05) is 63.4 Å². The molecule has 21 N–H and O–H groups in total. The number of esters is 1. The van der Waals surface area contributed by atoms with E-state index in [0.717, 1.165) is 13.0 Å². The van der Waals surface area contributed by atoms with Crippen LogP contribution in [0.2, 0.25) is 0 Å². The molecule has 115 heavy (non-hydrogen) atoms. The van der Waals surface area contributed by atoms with Gasteiger partial charge in [-0.1, -0.05) is 30.3 Å². The molecule has 0 spiro atoms. The molecular formula is C67H84N8O37S3. The number of anilines is 2. The highest BCUT2D eigenvalue weighted by Gasteiger charge is 2.61. The van der Waals surface area contributed by atoms with Gasteiger partial charge in [-0.25, -0.2) is 14.4 Å². The minimum Gasteiger partial charge on any atom is -0.477 e. The fourth-order valence-electron chi connectivity index (χ4n) is 13.1. The summed E-state index contributed by atoms with van der Waals surface area (Å²) in [5.41, 5.74) is -2.95. The Hall–Kier alpha value is -9.04. The third-order valence-corrected chi connectivity index (χ3v) is 21.1. The highest BCUT2D eigenvalue weighted by atomic mass is 32.2. The Kier molecular flexibility index (Phi) is 30.0. The van der Waals surface area contributed by atoms with E-state index < -0.39 is 282 Å². The number of aliphatic hydroxyl groups excluding tert-OH is 9. The number of aromatic nitrogens is 2. The van der Waals surface area contributed by atoms with Gasteiger partial charge in [0.25, 0.3) is 47.6 Å². The molecule has 4 heterocycles. The standard InChI is InChI=1S/C67H84N8O37S3/c1-29-51(84)54(87)55(88)63(106-29)110-56-39(73-61(90)40-22-46(81)75-66(94)74-40)18-34(19-43(56)107-64-59(109-62(91)32-8-4-3-5-9-32)58(53(86)44(26-77)108-64)112-67(65(92)93)23-41(79)50(71-30(2)78)57(111-67)52(85)42(80)25-76)60(89)69-12-11-68-47(82)27-104-13-14-105-28-48(83)72-35-10-6-7-31(15-35)24-70-38-20-36(113(95,96)97)16-33-17-37(114(98,99)100)21-45(49(33)38)115(101,102)103/h3-10,15-17,20-22,29,34,39,41-44,50-59,63-64,70,76-77,79-80,84-88H,11-14,18-19,23-28H2,1-2H3,(H,68,82)(H,69,89)(H,71,78)(H,72,83)(H,73,90)(H,92,93)(H,95,96,97)(H,98,99,100)(H,101,102,103)(H2,74,75,81,94)/t29?,34?,39?,41?,42-,43?,44?,50?,51?,52-,53?,54?,55?,56?,57?,58?,59?,63?,64?,67?/m1/s1. The van der Waals surface area contributed by atoms with Crippen LogP contribution in [0.4, 0.5) is 11.4 Å². The van der Waals surface area contributed by atoms with E-state index in [1.807, 2.05) is 4.98 Å². The molecule has 3 saturated heterocycles. The molecule has 1 aliphatic carbocycles. The summed E-state index contributed by atoms with van der Waals surface area (Å²) in [7, 11) is -15.4. The zero-order valence-corrected chi connectivity index (χ0v) is 62.8. The summed E-state index contributed by atoms with van der Waals surface area (Å²) < 4.78 is 156. The Balaban J connectivity index is 0.890. The molecule has 4 aromatic carbocycles. The minimum absolute atomic E-state index is 0.182. The van der Waals surface area contributed by atoms with Gasteiger partial charge in [0.2, 0.25) is 23.6 Å². The first-order valence-electron chi connectivity index (χ1n) is 34.8. The number of fused-ring (bicyclic) bond motifs is 1. The van der Waals surface area contributed by atoms with Gasteiger partial charge in [-0.2, -0.15) is 25.3 Å². The van der Waals surface area contributed by atoms with Crippen molar-refractivity contribution in [1.82, 2.24) is 31.2 Å². The van der Waals surface area contributed by atoms with Crippen LogP contribution in [-0.4, -0.2) is 310 Å². The Labute approximate surface area is 650 Å². The fraction of sp³-hybridized carbons (Fsp3) is 0.507. The molecule has 4 aliphatic rings. The average molecular weight is 1690 g/mol. The molecule has 5 amide bonds. The maximum Gasteiger partial charge on any atom is 0.364 e. The van der Waals surface area contributed by atoms with Crippen LogP contribution in [0, 0.1) is 5.92 Å². The molecule has 45 nitrogen and oxygen atoms in total. The largest absolute Gasteiger partial charge is 0.477 e. The van der Waals surface area contributed by atoms with Crippen LogP contribution in [0.3, 0.4) is 0 Å². The second-order valence-corrected chi connectivity index (χ2v) is 31.1. The summed E-state index contributed by atoms with van der Waals surface area (Å²) in [6, 6.07) is 12.6. The van der Waals surface area contributed by atoms with Crippen molar-refractivity contribution in [2.24, 2.45) is 5.92 Å². The lowest BCUT2D eigenvalue weighted by molar-refractivity contribution is -0.378. The number of rotatable bonds is 34. The van der Waals surface area contributed by atoms with E-state index in [2.05, 4.69) is 36.9 Å². The van der Waals surface area contributed by atoms with Crippen LogP contribution in [0.1, 0.15) is 59.5 Å². The number of ether oxygens (including phenoxy) is 9. The molecule has 18 unspecified atom stereocenters. The van der Waals surface area contributed by atoms with E-state index in [9.17, 15) is 133 Å². The Morgan fingerprint density at radius 1 is 0.696 bits per heavy atom. The van der Waals surface area contributed by atoms with Gasteiger partial charge in [0.1, 0.15) is 84.8 Å². The zero-order valence-electron chi connectivity index (χ0n) is 60.4. The normalized spacial score (nSPS) is 27.8. The second kappa shape index (κ2) is 38.4. The van der Waals surface area contributed by atoms with Crippen molar-refractivity contribution < 1.29 is 166 Å². The molecule has 1 aromatic heterocycles. The van der Waals surface area contributed by atoms with Crippen LogP contribution < -0.4 is 43.1 Å². The highest BCUT2D eigenvalue weighted by Crippen LogP contribution is 2.42. The average Bonchev–Trinajstić information content (AvgIpc) is 0.753. The van der Waals surface area contributed by atoms with Crippen molar-refractivity contribution in [3.8, 4) is 0 Å². The summed E-state index contributed by atoms with van der Waals surface area (Å²) in [6.07, 6.45) is -35.6. The molecule has 4 fully saturated rings. The number of benzene rings is 4. The molecule has 48 heteroatoms. The molecule has 20 atom stereocenters. The first-order chi connectivity index (χ1) is 54.1. The Morgan fingerprint density at radius 2 is 1.36 bits per heavy atom. The third-order valence-electron chi connectivity index (χ3n) is 18.6. The predicted octanol–water partition coefficient (Wildman–Crippen LogP) is -6.58. The summed E-state index contributed by atoms with van der Waals surface area (Å²) in [5.74, 6) is -12.6. The molecule has 0 radical (unpaired) electrons.